The fourth-order valence-electron chi connectivity index (χ4n) is 2.00. The second kappa shape index (κ2) is 6.01. The van der Waals surface area contributed by atoms with Crippen molar-refractivity contribution in [3.05, 3.63) is 0 Å². The second-order valence-electron chi connectivity index (χ2n) is 4.53. The van der Waals surface area contributed by atoms with Crippen LogP contribution in [-0.4, -0.2) is 56.6 Å². The van der Waals surface area contributed by atoms with E-state index in [-0.39, 0.29) is 30.4 Å². The minimum Gasteiger partial charge on any atom is -0.388 e. The lowest BCUT2D eigenvalue weighted by atomic mass is 9.92. The highest BCUT2D eigenvalue weighted by atomic mass is 16.6. The standard InChI is InChI=1S/C11H23BO4/c1-5-8-9(13)10(11(12)16-8)15-7(3)6(2)14-4/h6-11,13H,5,12H2,1-4H3/t6-,7+,8+,9-,10?,11+/m0/s1. The van der Waals surface area contributed by atoms with Crippen molar-refractivity contribution < 1.29 is 19.3 Å². The molecule has 0 spiro atoms. The average molecular weight is 230 g/mol. The lowest BCUT2D eigenvalue weighted by molar-refractivity contribution is -0.104. The Bertz CT molecular complexity index is 214. The molecule has 16 heavy (non-hydrogen) atoms. The molecule has 0 radical (unpaired) electrons. The molecule has 6 atom stereocenters. The topological polar surface area (TPSA) is 47.9 Å². The highest BCUT2D eigenvalue weighted by Crippen LogP contribution is 2.25. The van der Waals surface area contributed by atoms with Crippen LogP contribution < -0.4 is 0 Å². The van der Waals surface area contributed by atoms with Gasteiger partial charge < -0.3 is 19.3 Å². The zero-order valence-electron chi connectivity index (χ0n) is 10.8. The van der Waals surface area contributed by atoms with Gasteiger partial charge in [-0.1, -0.05) is 6.92 Å². The minimum atomic E-state index is -0.536. The summed E-state index contributed by atoms with van der Waals surface area (Å²) in [7, 11) is 3.60. The summed E-state index contributed by atoms with van der Waals surface area (Å²) in [4.78, 5) is 0. The summed E-state index contributed by atoms with van der Waals surface area (Å²) in [6.45, 7) is 5.91. The molecule has 1 rings (SSSR count). The van der Waals surface area contributed by atoms with Crippen LogP contribution in [0.4, 0.5) is 0 Å². The van der Waals surface area contributed by atoms with Gasteiger partial charge in [-0.05, 0) is 20.3 Å². The van der Waals surface area contributed by atoms with Crippen LogP contribution >= 0.6 is 0 Å². The van der Waals surface area contributed by atoms with E-state index in [2.05, 4.69) is 0 Å². The van der Waals surface area contributed by atoms with Crippen molar-refractivity contribution in [2.75, 3.05) is 7.11 Å². The molecule has 0 aromatic heterocycles. The molecule has 1 fully saturated rings. The van der Waals surface area contributed by atoms with Crippen molar-refractivity contribution in [1.82, 2.24) is 0 Å². The van der Waals surface area contributed by atoms with Crippen molar-refractivity contribution in [2.45, 2.75) is 63.7 Å². The third kappa shape index (κ3) is 2.97. The molecule has 1 aliphatic rings. The first kappa shape index (κ1) is 14.0. The van der Waals surface area contributed by atoms with Gasteiger partial charge in [0, 0.05) is 7.11 Å². The van der Waals surface area contributed by atoms with Crippen LogP contribution in [0.25, 0.3) is 0 Å². The van der Waals surface area contributed by atoms with Crippen molar-refractivity contribution in [1.29, 1.82) is 0 Å². The molecule has 0 bridgehead atoms. The molecule has 0 aromatic carbocycles. The van der Waals surface area contributed by atoms with Crippen LogP contribution in [0.2, 0.25) is 0 Å². The van der Waals surface area contributed by atoms with Gasteiger partial charge in [-0.3, -0.25) is 0 Å². The maximum Gasteiger partial charge on any atom is 0.142 e. The van der Waals surface area contributed by atoms with E-state index in [0.29, 0.717) is 0 Å². The Morgan fingerprint density at radius 1 is 1.38 bits per heavy atom. The van der Waals surface area contributed by atoms with Gasteiger partial charge in [0.15, 0.2) is 0 Å². The molecule has 94 valence electrons. The molecule has 1 aliphatic heterocycles. The Morgan fingerprint density at radius 2 is 2.00 bits per heavy atom. The maximum atomic E-state index is 10.0. The minimum absolute atomic E-state index is 0.0140. The maximum absolute atomic E-state index is 10.0. The molecule has 1 heterocycles. The number of aliphatic hydroxyl groups excluding tert-OH is 1. The quantitative estimate of drug-likeness (QED) is 0.671. The van der Waals surface area contributed by atoms with Crippen LogP contribution in [-0.2, 0) is 14.2 Å². The molecule has 4 nitrogen and oxygen atoms in total. The van der Waals surface area contributed by atoms with E-state index in [1.54, 1.807) is 7.11 Å². The first-order valence-corrected chi connectivity index (χ1v) is 6.03. The van der Waals surface area contributed by atoms with Crippen molar-refractivity contribution in [2.24, 2.45) is 0 Å². The van der Waals surface area contributed by atoms with Gasteiger partial charge in [0.05, 0.1) is 24.3 Å². The van der Waals surface area contributed by atoms with Crippen LogP contribution in [0.1, 0.15) is 27.2 Å². The van der Waals surface area contributed by atoms with Crippen LogP contribution in [0.5, 0.6) is 0 Å². The van der Waals surface area contributed by atoms with Crippen molar-refractivity contribution in [3.63, 3.8) is 0 Å². The lowest BCUT2D eigenvalue weighted by Crippen LogP contribution is -2.40. The lowest BCUT2D eigenvalue weighted by Gasteiger charge is -2.26. The summed E-state index contributed by atoms with van der Waals surface area (Å²) in [5.41, 5.74) is 0. The number of hydrogen-bond acceptors (Lipinski definition) is 4. The van der Waals surface area contributed by atoms with E-state index < -0.39 is 6.10 Å². The van der Waals surface area contributed by atoms with Gasteiger partial charge in [0.1, 0.15) is 20.1 Å². The number of aliphatic hydroxyl groups is 1. The average Bonchev–Trinajstić information content (AvgIpc) is 2.55. The normalized spacial score (nSPS) is 38.6. The highest BCUT2D eigenvalue weighted by molar-refractivity contribution is 6.11. The molecule has 0 aromatic rings. The van der Waals surface area contributed by atoms with E-state index in [1.807, 2.05) is 28.6 Å². The Morgan fingerprint density at radius 3 is 2.44 bits per heavy atom. The Balaban J connectivity index is 2.53. The molecular formula is C11H23BO4. The number of ether oxygens (including phenoxy) is 3. The van der Waals surface area contributed by atoms with E-state index in [1.165, 1.54) is 0 Å². The first-order chi connectivity index (χ1) is 7.51. The Kier molecular flexibility index (Phi) is 5.24. The largest absolute Gasteiger partial charge is 0.388 e. The van der Waals surface area contributed by atoms with Gasteiger partial charge >= 0.3 is 0 Å². The molecule has 1 unspecified atom stereocenters. The van der Waals surface area contributed by atoms with E-state index in [9.17, 15) is 5.11 Å². The van der Waals surface area contributed by atoms with Gasteiger partial charge in [0.25, 0.3) is 0 Å². The molecule has 0 saturated carbocycles. The third-order valence-corrected chi connectivity index (χ3v) is 3.38. The molecule has 1 saturated heterocycles. The van der Waals surface area contributed by atoms with E-state index >= 15 is 0 Å². The monoisotopic (exact) mass is 230 g/mol. The van der Waals surface area contributed by atoms with Gasteiger partial charge in [-0.2, -0.15) is 0 Å². The van der Waals surface area contributed by atoms with E-state index in [0.717, 1.165) is 6.42 Å². The Labute approximate surface area is 98.7 Å². The highest BCUT2D eigenvalue weighted by Gasteiger charge is 2.42. The summed E-state index contributed by atoms with van der Waals surface area (Å²) in [6.07, 6.45) is -0.125. The first-order valence-electron chi connectivity index (χ1n) is 6.03. The summed E-state index contributed by atoms with van der Waals surface area (Å²) in [5, 5.41) is 10.0. The fraction of sp³-hybridized carbons (Fsp3) is 1.00. The summed E-state index contributed by atoms with van der Waals surface area (Å²) >= 11 is 0. The number of hydrogen-bond donors (Lipinski definition) is 1. The summed E-state index contributed by atoms with van der Waals surface area (Å²) < 4.78 is 16.7. The predicted octanol–water partition coefficient (Wildman–Crippen LogP) is -0.0761. The van der Waals surface area contributed by atoms with Crippen molar-refractivity contribution >= 4 is 7.85 Å². The van der Waals surface area contributed by atoms with Crippen LogP contribution in [0, 0.1) is 0 Å². The zero-order chi connectivity index (χ0) is 12.3. The SMILES string of the molecule is B[C@@H]1O[C@H](CC)[C@H](O)C1O[C@H](C)[C@H](C)OC. The van der Waals surface area contributed by atoms with Crippen LogP contribution in [0.3, 0.4) is 0 Å². The number of methoxy groups -OCH3 is 1. The van der Waals surface area contributed by atoms with Gasteiger partial charge in [0.2, 0.25) is 0 Å². The van der Waals surface area contributed by atoms with Gasteiger partial charge in [-0.25, -0.2) is 0 Å². The van der Waals surface area contributed by atoms with E-state index in [4.69, 9.17) is 14.2 Å². The zero-order valence-corrected chi connectivity index (χ0v) is 10.8. The number of rotatable bonds is 5. The molecular weight excluding hydrogens is 207 g/mol. The molecule has 5 heteroatoms. The third-order valence-electron chi connectivity index (χ3n) is 3.38. The van der Waals surface area contributed by atoms with Gasteiger partial charge in [-0.15, -0.1) is 0 Å². The summed E-state index contributed by atoms with van der Waals surface area (Å²) in [5.74, 6) is 0. The van der Waals surface area contributed by atoms with Crippen molar-refractivity contribution in [3.8, 4) is 0 Å². The van der Waals surface area contributed by atoms with Crippen LogP contribution in [0.15, 0.2) is 0 Å². The predicted molar refractivity (Wildman–Crippen MR) is 64.3 cm³/mol. The second-order valence-corrected chi connectivity index (χ2v) is 4.53. The molecule has 1 N–H and O–H groups in total. The summed E-state index contributed by atoms with van der Waals surface area (Å²) in [6, 6.07) is -0.0635. The fourth-order valence-corrected chi connectivity index (χ4v) is 2.00. The molecule has 0 aliphatic carbocycles. The molecule has 0 amide bonds. The smallest absolute Gasteiger partial charge is 0.142 e. The Hall–Kier alpha value is -0.0951.